The van der Waals surface area contributed by atoms with Gasteiger partial charge in [-0.3, -0.25) is 4.79 Å². The molecule has 0 atom stereocenters. The highest BCUT2D eigenvalue weighted by Gasteiger charge is 2.28. The van der Waals surface area contributed by atoms with Gasteiger partial charge < -0.3 is 10.2 Å². The zero-order valence-corrected chi connectivity index (χ0v) is 17.6. The van der Waals surface area contributed by atoms with Crippen molar-refractivity contribution in [3.05, 3.63) is 47.5 Å². The molecular weight excluding hydrogens is 379 g/mol. The summed E-state index contributed by atoms with van der Waals surface area (Å²) in [6.45, 7) is 6.73. The largest absolute Gasteiger partial charge is 0.339 e. The number of hydrogen-bond acceptors (Lipinski definition) is 3. The summed E-state index contributed by atoms with van der Waals surface area (Å²) in [5.74, 6) is 0.589. The van der Waals surface area contributed by atoms with Crippen molar-refractivity contribution in [1.29, 1.82) is 0 Å². The molecule has 1 amide bonds. The van der Waals surface area contributed by atoms with Gasteiger partial charge in [0.15, 0.2) is 0 Å². The molecule has 1 N–H and O–H groups in total. The topological polar surface area (TPSA) is 50.2 Å². The Morgan fingerprint density at radius 2 is 1.89 bits per heavy atom. The quantitative estimate of drug-likeness (QED) is 0.785. The van der Waals surface area contributed by atoms with Gasteiger partial charge in [0, 0.05) is 13.1 Å². The molecule has 5 nitrogen and oxygen atoms in total. The van der Waals surface area contributed by atoms with Gasteiger partial charge >= 0.3 is 0 Å². The van der Waals surface area contributed by atoms with E-state index in [0.29, 0.717) is 11.5 Å². The van der Waals surface area contributed by atoms with E-state index in [9.17, 15) is 9.18 Å². The van der Waals surface area contributed by atoms with E-state index in [0.717, 1.165) is 50.3 Å². The highest BCUT2D eigenvalue weighted by atomic mass is 35.5. The van der Waals surface area contributed by atoms with Crippen LogP contribution >= 0.6 is 12.4 Å². The fourth-order valence-electron chi connectivity index (χ4n) is 3.81. The third-order valence-corrected chi connectivity index (χ3v) is 5.36. The van der Waals surface area contributed by atoms with Crippen molar-refractivity contribution < 1.29 is 9.18 Å². The van der Waals surface area contributed by atoms with E-state index in [1.54, 1.807) is 23.0 Å². The summed E-state index contributed by atoms with van der Waals surface area (Å²) in [6.07, 6.45) is 4.93. The first-order valence-corrected chi connectivity index (χ1v) is 9.79. The molecule has 28 heavy (non-hydrogen) atoms. The molecule has 0 spiro atoms. The Kier molecular flexibility index (Phi) is 8.01. The zero-order valence-electron chi connectivity index (χ0n) is 16.8. The molecule has 7 heteroatoms. The third kappa shape index (κ3) is 4.92. The monoisotopic (exact) mass is 408 g/mol. The van der Waals surface area contributed by atoms with Crippen molar-refractivity contribution in [3.63, 3.8) is 0 Å². The number of nitrogens with zero attached hydrogens (tertiary/aromatic N) is 3. The average Bonchev–Trinajstić information content (AvgIpc) is 3.12. The first-order valence-electron chi connectivity index (χ1n) is 9.79. The Labute approximate surface area is 172 Å². The van der Waals surface area contributed by atoms with E-state index in [1.807, 2.05) is 11.9 Å². The van der Waals surface area contributed by atoms with Gasteiger partial charge in [-0.05, 0) is 69.0 Å². The van der Waals surface area contributed by atoms with Crippen molar-refractivity contribution in [1.82, 2.24) is 20.0 Å². The van der Waals surface area contributed by atoms with Crippen LogP contribution in [0.2, 0.25) is 0 Å². The van der Waals surface area contributed by atoms with Crippen LogP contribution in [0.3, 0.4) is 0 Å². The number of rotatable bonds is 6. The van der Waals surface area contributed by atoms with E-state index in [4.69, 9.17) is 0 Å². The molecule has 1 saturated heterocycles. The molecule has 0 unspecified atom stereocenters. The molecule has 2 aromatic rings. The van der Waals surface area contributed by atoms with Crippen molar-refractivity contribution >= 4 is 18.3 Å². The van der Waals surface area contributed by atoms with Crippen LogP contribution in [0.5, 0.6) is 0 Å². The summed E-state index contributed by atoms with van der Waals surface area (Å²) in [4.78, 5) is 15.1. The highest BCUT2D eigenvalue weighted by molar-refractivity contribution is 5.95. The standard InChI is InChI=1S/C21H29FN4O.ClH/c1-15(2)20-19(14-24-26(20)18-6-4-17(22)5-7-18)21(27)25-12-9-16(10-13-25)8-11-23-3;/h4-7,14-16,23H,8-13H2,1-3H3;1H. The lowest BCUT2D eigenvalue weighted by atomic mass is 9.93. The van der Waals surface area contributed by atoms with Gasteiger partial charge in [0.2, 0.25) is 0 Å². The maximum Gasteiger partial charge on any atom is 0.257 e. The summed E-state index contributed by atoms with van der Waals surface area (Å²) in [6, 6.07) is 6.21. The molecule has 1 aliphatic rings. The molecule has 0 saturated carbocycles. The second-order valence-electron chi connectivity index (χ2n) is 7.61. The second-order valence-corrected chi connectivity index (χ2v) is 7.61. The first kappa shape index (κ1) is 22.4. The van der Waals surface area contributed by atoms with Gasteiger partial charge in [0.1, 0.15) is 5.82 Å². The van der Waals surface area contributed by atoms with E-state index in [1.165, 1.54) is 12.1 Å². The van der Waals surface area contributed by atoms with Crippen LogP contribution < -0.4 is 5.32 Å². The number of halogens is 2. The second kappa shape index (κ2) is 10.0. The number of carbonyl (C=O) groups excluding carboxylic acids is 1. The minimum Gasteiger partial charge on any atom is -0.339 e. The highest BCUT2D eigenvalue weighted by Crippen LogP contribution is 2.27. The maximum absolute atomic E-state index is 13.3. The number of nitrogens with one attached hydrogen (secondary N) is 1. The SMILES string of the molecule is CNCCC1CCN(C(=O)c2cnn(-c3ccc(F)cc3)c2C(C)C)CC1.Cl. The van der Waals surface area contributed by atoms with Crippen LogP contribution in [0, 0.1) is 11.7 Å². The molecule has 0 aliphatic carbocycles. The molecule has 3 rings (SSSR count). The molecule has 1 aliphatic heterocycles. The van der Waals surface area contributed by atoms with E-state index < -0.39 is 0 Å². The summed E-state index contributed by atoms with van der Waals surface area (Å²) in [7, 11) is 1.98. The van der Waals surface area contributed by atoms with E-state index in [-0.39, 0.29) is 30.0 Å². The van der Waals surface area contributed by atoms with Crippen molar-refractivity contribution in [2.45, 2.75) is 39.0 Å². The number of aromatic nitrogens is 2. The smallest absolute Gasteiger partial charge is 0.257 e. The first-order chi connectivity index (χ1) is 13.0. The third-order valence-electron chi connectivity index (χ3n) is 5.36. The van der Waals surface area contributed by atoms with Crippen LogP contribution in [0.15, 0.2) is 30.5 Å². The summed E-state index contributed by atoms with van der Waals surface area (Å²) in [5.41, 5.74) is 2.30. The van der Waals surface area contributed by atoms with Crippen molar-refractivity contribution in [2.75, 3.05) is 26.7 Å². The van der Waals surface area contributed by atoms with Crippen LogP contribution in [0.4, 0.5) is 4.39 Å². The molecule has 0 radical (unpaired) electrons. The molecule has 1 fully saturated rings. The van der Waals surface area contributed by atoms with Gasteiger partial charge in [-0.25, -0.2) is 9.07 Å². The van der Waals surface area contributed by atoms with Crippen molar-refractivity contribution in [3.8, 4) is 5.69 Å². The van der Waals surface area contributed by atoms with E-state index in [2.05, 4.69) is 24.3 Å². The number of hydrogen-bond donors (Lipinski definition) is 1. The van der Waals surface area contributed by atoms with Crippen LogP contribution in [0.1, 0.15) is 55.1 Å². The Morgan fingerprint density at radius 1 is 1.25 bits per heavy atom. The fourth-order valence-corrected chi connectivity index (χ4v) is 3.81. The Bertz CT molecular complexity index is 767. The minimum absolute atomic E-state index is 0. The lowest BCUT2D eigenvalue weighted by molar-refractivity contribution is 0.0685. The number of carbonyl (C=O) groups is 1. The molecule has 0 bridgehead atoms. The Morgan fingerprint density at radius 3 is 2.46 bits per heavy atom. The predicted octanol–water partition coefficient (Wildman–Crippen LogP) is 4.02. The molecule has 154 valence electrons. The van der Waals surface area contributed by atoms with Gasteiger partial charge in [-0.1, -0.05) is 13.8 Å². The lowest BCUT2D eigenvalue weighted by Gasteiger charge is -2.32. The Balaban J connectivity index is 0.00000280. The van der Waals surface area contributed by atoms with Crippen molar-refractivity contribution in [2.24, 2.45) is 5.92 Å². The zero-order chi connectivity index (χ0) is 19.4. The van der Waals surface area contributed by atoms with Gasteiger partial charge in [0.25, 0.3) is 5.91 Å². The summed E-state index contributed by atoms with van der Waals surface area (Å²) in [5, 5.41) is 7.65. The van der Waals surface area contributed by atoms with Crippen LogP contribution in [-0.4, -0.2) is 47.3 Å². The Hall–Kier alpha value is -1.92. The maximum atomic E-state index is 13.3. The molecule has 1 aromatic heterocycles. The number of piperidine rings is 1. The molecule has 2 heterocycles. The lowest BCUT2D eigenvalue weighted by Crippen LogP contribution is -2.39. The van der Waals surface area contributed by atoms with Gasteiger partial charge in [0.05, 0.1) is 23.1 Å². The van der Waals surface area contributed by atoms with Crippen LogP contribution in [0.25, 0.3) is 5.69 Å². The number of benzene rings is 1. The number of likely N-dealkylation sites (tertiary alicyclic amines) is 1. The summed E-state index contributed by atoms with van der Waals surface area (Å²) >= 11 is 0. The van der Waals surface area contributed by atoms with Gasteiger partial charge in [-0.15, -0.1) is 12.4 Å². The summed E-state index contributed by atoms with van der Waals surface area (Å²) < 4.78 is 15.0. The fraction of sp³-hybridized carbons (Fsp3) is 0.524. The van der Waals surface area contributed by atoms with Gasteiger partial charge in [-0.2, -0.15) is 5.10 Å². The molecule has 1 aromatic carbocycles. The van der Waals surface area contributed by atoms with Crippen LogP contribution in [-0.2, 0) is 0 Å². The predicted molar refractivity (Wildman–Crippen MR) is 112 cm³/mol. The van der Waals surface area contributed by atoms with E-state index >= 15 is 0 Å². The molecular formula is C21H30ClFN4O. The number of amides is 1. The average molecular weight is 409 g/mol. The normalized spacial score (nSPS) is 15.0. The minimum atomic E-state index is -0.283.